The number of nitrogens with two attached hydrogens (primary N) is 1. The van der Waals surface area contributed by atoms with Crippen molar-refractivity contribution in [1.82, 2.24) is 0 Å². The topological polar surface area (TPSA) is 319 Å². The minimum absolute atomic E-state index is 0.0179. The van der Waals surface area contributed by atoms with Crippen LogP contribution in [-0.2, 0) is 6.61 Å². The van der Waals surface area contributed by atoms with Gasteiger partial charge in [0.1, 0.15) is 34.3 Å². The van der Waals surface area contributed by atoms with E-state index in [1.54, 1.807) is 6.07 Å². The maximum Gasteiger partial charge on any atom is 0.342 e. The second-order valence-corrected chi connectivity index (χ2v) is 11.9. The van der Waals surface area contributed by atoms with E-state index in [0.29, 0.717) is 23.5 Å². The van der Waals surface area contributed by atoms with Crippen molar-refractivity contribution in [3.63, 3.8) is 0 Å². The lowest BCUT2D eigenvalue weighted by molar-refractivity contribution is -0.386. The molecule has 5 aromatic rings. The van der Waals surface area contributed by atoms with E-state index in [-0.39, 0.29) is 57.4 Å². The summed E-state index contributed by atoms with van der Waals surface area (Å²) >= 11 is 0. The standard InChI is InChI=1S/C8H7F2NO3.C8H9F2NO.C8H7NO5.C8H9NO4.C8H7NO4/c1-14-5-2-3-7(11(12)13)6(4-5)8(9)10;1-12-5-2-3-7(11)6(4-5)8(9)10;1-14-5-2-3-7(9(12)13)6(4-5)8(10)11;2*1-13-7-2-3-8(9(11)12)6(4-7)5-10/h2-4,8H,1H3;2-4,8H,11H2,1H3;2-4H,1H3,(H,10,11);2-4,10H,5H2,1H3;2-5H,1H3. The molecule has 0 aromatic heterocycles. The van der Waals surface area contributed by atoms with Crippen molar-refractivity contribution in [3.05, 3.63) is 159 Å². The Labute approximate surface area is 369 Å². The van der Waals surface area contributed by atoms with E-state index in [4.69, 9.17) is 34.9 Å². The highest BCUT2D eigenvalue weighted by Crippen LogP contribution is 2.32. The molecule has 0 radical (unpaired) electrons. The summed E-state index contributed by atoms with van der Waals surface area (Å²) in [4.78, 5) is 59.9. The fraction of sp³-hybridized carbons (Fsp3) is 0.200. The highest BCUT2D eigenvalue weighted by atomic mass is 19.3. The second-order valence-electron chi connectivity index (χ2n) is 11.9. The van der Waals surface area contributed by atoms with Gasteiger partial charge in [-0.15, -0.1) is 0 Å². The smallest absolute Gasteiger partial charge is 0.342 e. The minimum atomic E-state index is -2.88. The number of aliphatic hydroxyl groups is 1. The van der Waals surface area contributed by atoms with Crippen LogP contribution in [-0.4, -0.2) is 77.7 Å². The maximum atomic E-state index is 12.3. The van der Waals surface area contributed by atoms with Gasteiger partial charge in [-0.1, -0.05) is 0 Å². The molecule has 0 fully saturated rings. The summed E-state index contributed by atoms with van der Waals surface area (Å²) in [5, 5.41) is 59.1. The Morgan fingerprint density at radius 3 is 1.33 bits per heavy atom. The third-order valence-corrected chi connectivity index (χ3v) is 8.04. The van der Waals surface area contributed by atoms with Crippen LogP contribution in [0.1, 0.15) is 50.3 Å². The number of carbonyl (C=O) groups is 2. The fourth-order valence-electron chi connectivity index (χ4n) is 4.76. The second kappa shape index (κ2) is 27.4. The number of hydrogen-bond acceptors (Lipinski definition) is 17. The van der Waals surface area contributed by atoms with Crippen molar-refractivity contribution in [2.75, 3.05) is 41.3 Å². The molecular formula is C40H39F4N5O17. The largest absolute Gasteiger partial charge is 0.497 e. The van der Waals surface area contributed by atoms with E-state index in [9.17, 15) is 67.6 Å². The Bertz CT molecular complexity index is 2480. The maximum absolute atomic E-state index is 12.3. The number of nitro benzene ring substituents is 4. The molecule has 5 aromatic carbocycles. The first-order valence-corrected chi connectivity index (χ1v) is 17.7. The van der Waals surface area contributed by atoms with Crippen LogP contribution in [0.15, 0.2) is 91.0 Å². The number of aliphatic hydroxyl groups excluding tert-OH is 1. The van der Waals surface area contributed by atoms with Crippen molar-refractivity contribution in [2.45, 2.75) is 19.5 Å². The first-order chi connectivity index (χ1) is 31.1. The zero-order chi connectivity index (χ0) is 50.3. The van der Waals surface area contributed by atoms with Crippen LogP contribution in [0.25, 0.3) is 0 Å². The Hall–Kier alpha value is -8.68. The van der Waals surface area contributed by atoms with Gasteiger partial charge in [0.2, 0.25) is 0 Å². The van der Waals surface area contributed by atoms with Crippen molar-refractivity contribution in [3.8, 4) is 28.7 Å². The van der Waals surface area contributed by atoms with Gasteiger partial charge in [0.25, 0.3) is 35.6 Å². The Kier molecular flexibility index (Phi) is 23.0. The Balaban J connectivity index is 0.000000413. The Morgan fingerprint density at radius 1 is 0.576 bits per heavy atom. The minimum Gasteiger partial charge on any atom is -0.497 e. The zero-order valence-electron chi connectivity index (χ0n) is 35.0. The summed E-state index contributed by atoms with van der Waals surface area (Å²) in [6.07, 6.45) is -5.01. The summed E-state index contributed by atoms with van der Waals surface area (Å²) in [6.45, 7) is -0.368. The average molecular weight is 938 g/mol. The van der Waals surface area contributed by atoms with Gasteiger partial charge in [0.05, 0.1) is 78.5 Å². The van der Waals surface area contributed by atoms with Gasteiger partial charge in [-0.2, -0.15) is 0 Å². The van der Waals surface area contributed by atoms with Crippen LogP contribution in [0.3, 0.4) is 0 Å². The monoisotopic (exact) mass is 937 g/mol. The number of carbonyl (C=O) groups excluding carboxylic acids is 1. The van der Waals surface area contributed by atoms with Crippen LogP contribution in [0, 0.1) is 40.5 Å². The molecule has 0 aliphatic rings. The molecule has 0 saturated heterocycles. The van der Waals surface area contributed by atoms with Gasteiger partial charge >= 0.3 is 5.97 Å². The highest BCUT2D eigenvalue weighted by Gasteiger charge is 2.22. The van der Waals surface area contributed by atoms with Crippen LogP contribution >= 0.6 is 0 Å². The molecule has 22 nitrogen and oxygen atoms in total. The van der Waals surface area contributed by atoms with Gasteiger partial charge in [0, 0.05) is 41.6 Å². The molecule has 4 N–H and O–H groups in total. The third-order valence-electron chi connectivity index (χ3n) is 8.04. The van der Waals surface area contributed by atoms with Crippen molar-refractivity contribution in [1.29, 1.82) is 0 Å². The number of benzene rings is 5. The number of rotatable bonds is 14. The number of nitrogens with zero attached hydrogens (tertiary/aromatic N) is 4. The molecule has 5 rings (SSSR count). The zero-order valence-corrected chi connectivity index (χ0v) is 35.0. The molecular weight excluding hydrogens is 898 g/mol. The Morgan fingerprint density at radius 2 is 0.939 bits per heavy atom. The molecule has 0 spiro atoms. The quantitative estimate of drug-likeness (QED) is 0.0308. The van der Waals surface area contributed by atoms with Crippen LogP contribution in [0.5, 0.6) is 28.7 Å². The van der Waals surface area contributed by atoms with E-state index < -0.39 is 55.5 Å². The van der Waals surface area contributed by atoms with Crippen LogP contribution in [0.4, 0.5) is 46.0 Å². The van der Waals surface area contributed by atoms with Gasteiger partial charge in [-0.25, -0.2) is 22.4 Å². The van der Waals surface area contributed by atoms with Gasteiger partial charge in [0.15, 0.2) is 6.29 Å². The number of halogens is 4. The van der Waals surface area contributed by atoms with E-state index in [1.165, 1.54) is 96.2 Å². The number of carboxylic acids is 1. The predicted octanol–water partition coefficient (Wildman–Crippen LogP) is 8.57. The number of alkyl halides is 4. The number of aromatic carboxylic acids is 1. The summed E-state index contributed by atoms with van der Waals surface area (Å²) in [5.41, 5.74) is 3.13. The van der Waals surface area contributed by atoms with Crippen molar-refractivity contribution >= 4 is 40.7 Å². The number of ether oxygens (including phenoxy) is 5. The molecule has 66 heavy (non-hydrogen) atoms. The fourth-order valence-corrected chi connectivity index (χ4v) is 4.76. The third kappa shape index (κ3) is 16.9. The normalized spacial score (nSPS) is 9.82. The van der Waals surface area contributed by atoms with Crippen molar-refractivity contribution < 1.29 is 80.7 Å². The van der Waals surface area contributed by atoms with Gasteiger partial charge in [-0.3, -0.25) is 45.3 Å². The highest BCUT2D eigenvalue weighted by molar-refractivity contribution is 5.92. The number of nitrogen functional groups attached to an aromatic ring is 1. The molecule has 0 atom stereocenters. The first-order valence-electron chi connectivity index (χ1n) is 17.7. The number of nitro groups is 4. The lowest BCUT2D eigenvalue weighted by Crippen LogP contribution is -2.02. The number of aldehydes is 1. The molecule has 0 aliphatic carbocycles. The molecule has 0 amide bonds. The number of hydrogen-bond donors (Lipinski definition) is 3. The molecule has 354 valence electrons. The van der Waals surface area contributed by atoms with Gasteiger partial charge < -0.3 is 39.6 Å². The molecule has 0 aliphatic heterocycles. The summed E-state index contributed by atoms with van der Waals surface area (Å²) < 4.78 is 73.0. The van der Waals surface area contributed by atoms with E-state index in [1.807, 2.05) is 0 Å². The molecule has 0 bridgehead atoms. The van der Waals surface area contributed by atoms with Crippen molar-refractivity contribution in [2.24, 2.45) is 0 Å². The van der Waals surface area contributed by atoms with Crippen LogP contribution in [0.2, 0.25) is 0 Å². The number of methoxy groups -OCH3 is 5. The van der Waals surface area contributed by atoms with Gasteiger partial charge in [-0.05, 0) is 60.7 Å². The first kappa shape index (κ1) is 55.3. The lowest BCUT2D eigenvalue weighted by Gasteiger charge is -2.06. The van der Waals surface area contributed by atoms with Crippen LogP contribution < -0.4 is 29.4 Å². The summed E-state index contributed by atoms with van der Waals surface area (Å²) in [6, 6.07) is 19.2. The number of carboxylic acid groups (broad SMARTS) is 1. The van der Waals surface area contributed by atoms with E-state index in [2.05, 4.69) is 4.74 Å². The SMILES string of the molecule is COc1ccc(N)c(C(F)F)c1.COc1ccc([N+](=O)[O-])c(C(=O)O)c1.COc1ccc([N+](=O)[O-])c(C(F)F)c1.COc1ccc([N+](=O)[O-])c(C=O)c1.COc1ccc([N+](=O)[O-])c(CO)c1. The van der Waals surface area contributed by atoms with E-state index >= 15 is 0 Å². The molecule has 0 saturated carbocycles. The molecule has 0 unspecified atom stereocenters. The van der Waals surface area contributed by atoms with E-state index in [0.717, 1.165) is 24.3 Å². The predicted molar refractivity (Wildman–Crippen MR) is 224 cm³/mol. The number of anilines is 1. The average Bonchev–Trinajstić information content (AvgIpc) is 3.31. The lowest BCUT2D eigenvalue weighted by atomic mass is 10.2. The summed E-state index contributed by atoms with van der Waals surface area (Å²) in [5.74, 6) is 0.399. The molecule has 0 heterocycles. The summed E-state index contributed by atoms with van der Waals surface area (Å²) in [7, 11) is 6.96. The molecule has 26 heteroatoms.